The van der Waals surface area contributed by atoms with Crippen LogP contribution < -0.4 is 4.74 Å². The summed E-state index contributed by atoms with van der Waals surface area (Å²) in [5.74, 6) is -1.36. The Bertz CT molecular complexity index is 789. The first-order valence-corrected chi connectivity index (χ1v) is 6.16. The van der Waals surface area contributed by atoms with Crippen LogP contribution in [-0.2, 0) is 4.79 Å². The van der Waals surface area contributed by atoms with E-state index >= 15 is 0 Å². The maximum Gasteiger partial charge on any atom is 0.347 e. The topological polar surface area (TPSA) is 83.8 Å². The van der Waals surface area contributed by atoms with Gasteiger partial charge in [0.25, 0.3) is 0 Å². The van der Waals surface area contributed by atoms with E-state index in [9.17, 15) is 19.8 Å². The summed E-state index contributed by atoms with van der Waals surface area (Å²) in [5.41, 5.74) is 0.365. The van der Waals surface area contributed by atoms with E-state index < -0.39 is 11.8 Å². The summed E-state index contributed by atoms with van der Waals surface area (Å²) in [6, 6.07) is 10.3. The summed E-state index contributed by atoms with van der Waals surface area (Å²) in [4.78, 5) is 24.2. The molecule has 2 N–H and O–H groups in total. The molecule has 0 radical (unpaired) electrons. The van der Waals surface area contributed by atoms with Crippen LogP contribution in [0.3, 0.4) is 0 Å². The number of phenols is 2. The van der Waals surface area contributed by atoms with Crippen LogP contribution in [0.15, 0.2) is 48.0 Å². The largest absolute Gasteiger partial charge is 0.508 e. The Morgan fingerprint density at radius 3 is 2.52 bits per heavy atom. The third-order valence-electron chi connectivity index (χ3n) is 3.11. The van der Waals surface area contributed by atoms with E-state index in [1.807, 2.05) is 0 Å². The van der Waals surface area contributed by atoms with Gasteiger partial charge in [-0.15, -0.1) is 0 Å². The molecule has 0 fully saturated rings. The van der Waals surface area contributed by atoms with Crippen molar-refractivity contribution in [2.45, 2.75) is 0 Å². The van der Waals surface area contributed by atoms with Crippen molar-refractivity contribution in [2.24, 2.45) is 0 Å². The molecule has 2 aromatic carbocycles. The minimum absolute atomic E-state index is 0.113. The first-order valence-electron chi connectivity index (χ1n) is 6.16. The summed E-state index contributed by atoms with van der Waals surface area (Å²) >= 11 is 0. The standard InChI is InChI=1S/C16H10O5/c17-10-6-5-9(13(18)8-10)7-12-15(19)11-3-1-2-4-14(11)21-16(12)20/h1-8,17-18H. The molecule has 2 aromatic rings. The lowest BCUT2D eigenvalue weighted by Gasteiger charge is -2.16. The highest BCUT2D eigenvalue weighted by atomic mass is 16.5. The highest BCUT2D eigenvalue weighted by Gasteiger charge is 2.30. The second-order valence-electron chi connectivity index (χ2n) is 4.52. The number of para-hydroxylation sites is 1. The Labute approximate surface area is 119 Å². The molecule has 1 heterocycles. The van der Waals surface area contributed by atoms with Crippen LogP contribution in [0.2, 0.25) is 0 Å². The number of ketones is 1. The van der Waals surface area contributed by atoms with Gasteiger partial charge in [0.1, 0.15) is 22.8 Å². The molecule has 0 aliphatic carbocycles. The van der Waals surface area contributed by atoms with E-state index in [4.69, 9.17) is 4.74 Å². The van der Waals surface area contributed by atoms with Gasteiger partial charge in [-0.2, -0.15) is 0 Å². The Hall–Kier alpha value is -3.08. The van der Waals surface area contributed by atoms with Gasteiger partial charge in [0, 0.05) is 11.6 Å². The smallest absolute Gasteiger partial charge is 0.347 e. The number of fused-ring (bicyclic) bond motifs is 1. The Morgan fingerprint density at radius 1 is 1.00 bits per heavy atom. The van der Waals surface area contributed by atoms with Gasteiger partial charge in [0.15, 0.2) is 0 Å². The predicted molar refractivity (Wildman–Crippen MR) is 74.2 cm³/mol. The third kappa shape index (κ3) is 2.25. The number of rotatable bonds is 1. The van der Waals surface area contributed by atoms with Crippen molar-refractivity contribution in [3.63, 3.8) is 0 Å². The molecule has 104 valence electrons. The number of phenolic OH excluding ortho intramolecular Hbond substituents is 2. The van der Waals surface area contributed by atoms with Crippen LogP contribution in [0, 0.1) is 0 Å². The molecule has 0 spiro atoms. The zero-order valence-corrected chi connectivity index (χ0v) is 10.7. The molecular weight excluding hydrogens is 272 g/mol. The van der Waals surface area contributed by atoms with Crippen molar-refractivity contribution in [3.8, 4) is 17.2 Å². The Balaban J connectivity index is 2.08. The molecule has 0 saturated heterocycles. The van der Waals surface area contributed by atoms with Crippen molar-refractivity contribution in [2.75, 3.05) is 0 Å². The molecule has 5 heteroatoms. The molecule has 0 amide bonds. The van der Waals surface area contributed by atoms with E-state index in [2.05, 4.69) is 0 Å². The molecule has 3 rings (SSSR count). The van der Waals surface area contributed by atoms with Crippen molar-refractivity contribution in [1.29, 1.82) is 0 Å². The number of carbonyl (C=O) groups excluding carboxylic acids is 2. The van der Waals surface area contributed by atoms with Gasteiger partial charge in [-0.1, -0.05) is 12.1 Å². The summed E-state index contributed by atoms with van der Waals surface area (Å²) in [6.45, 7) is 0. The fourth-order valence-corrected chi connectivity index (χ4v) is 2.07. The number of benzene rings is 2. The lowest BCUT2D eigenvalue weighted by molar-refractivity contribution is -0.130. The molecule has 1 aliphatic rings. The number of aromatic hydroxyl groups is 2. The fourth-order valence-electron chi connectivity index (χ4n) is 2.07. The van der Waals surface area contributed by atoms with E-state index in [-0.39, 0.29) is 28.4 Å². The minimum atomic E-state index is -0.772. The average molecular weight is 282 g/mol. The normalized spacial score (nSPS) is 15.7. The quantitative estimate of drug-likeness (QED) is 0.363. The van der Waals surface area contributed by atoms with Crippen molar-refractivity contribution >= 4 is 17.8 Å². The molecule has 5 nitrogen and oxygen atoms in total. The molecule has 0 saturated carbocycles. The van der Waals surface area contributed by atoms with Gasteiger partial charge in [-0.25, -0.2) is 4.79 Å². The van der Waals surface area contributed by atoms with Crippen LogP contribution >= 0.6 is 0 Å². The zero-order chi connectivity index (χ0) is 15.0. The highest BCUT2D eigenvalue weighted by molar-refractivity contribution is 6.30. The molecular formula is C16H10O5. The monoisotopic (exact) mass is 282 g/mol. The summed E-state index contributed by atoms with van der Waals surface area (Å²) in [7, 11) is 0. The van der Waals surface area contributed by atoms with Gasteiger partial charge >= 0.3 is 5.97 Å². The number of ether oxygens (including phenoxy) is 1. The fraction of sp³-hybridized carbons (Fsp3) is 0. The Kier molecular flexibility index (Phi) is 2.95. The summed E-state index contributed by atoms with van der Waals surface area (Å²) in [5, 5.41) is 19.0. The number of hydrogen-bond donors (Lipinski definition) is 2. The number of hydrogen-bond acceptors (Lipinski definition) is 5. The van der Waals surface area contributed by atoms with E-state index in [0.29, 0.717) is 5.56 Å². The molecule has 0 unspecified atom stereocenters. The lowest BCUT2D eigenvalue weighted by atomic mass is 9.97. The Morgan fingerprint density at radius 2 is 1.76 bits per heavy atom. The van der Waals surface area contributed by atoms with Crippen LogP contribution in [0.4, 0.5) is 0 Å². The van der Waals surface area contributed by atoms with Gasteiger partial charge in [-0.3, -0.25) is 4.79 Å². The van der Waals surface area contributed by atoms with E-state index in [0.717, 1.165) is 6.07 Å². The SMILES string of the molecule is O=C1Oc2ccccc2C(=O)C1=Cc1ccc(O)cc1O. The predicted octanol–water partition coefficient (Wildman–Crippen LogP) is 2.28. The van der Waals surface area contributed by atoms with Crippen LogP contribution in [0.25, 0.3) is 6.08 Å². The minimum Gasteiger partial charge on any atom is -0.508 e. The van der Waals surface area contributed by atoms with Crippen molar-refractivity contribution < 1.29 is 24.5 Å². The van der Waals surface area contributed by atoms with Gasteiger partial charge < -0.3 is 14.9 Å². The molecule has 0 bridgehead atoms. The zero-order valence-electron chi connectivity index (χ0n) is 10.7. The van der Waals surface area contributed by atoms with Gasteiger partial charge in [0.05, 0.1) is 5.56 Å². The van der Waals surface area contributed by atoms with Crippen molar-refractivity contribution in [1.82, 2.24) is 0 Å². The number of esters is 1. The van der Waals surface area contributed by atoms with E-state index in [1.165, 1.54) is 18.2 Å². The second kappa shape index (κ2) is 4.79. The van der Waals surface area contributed by atoms with Crippen LogP contribution in [-0.4, -0.2) is 22.0 Å². The second-order valence-corrected chi connectivity index (χ2v) is 4.52. The number of Topliss-reactive ketones (excluding diaryl/α,β-unsaturated/α-hetero) is 1. The maximum atomic E-state index is 12.3. The van der Waals surface area contributed by atoms with Gasteiger partial charge in [-0.05, 0) is 30.3 Å². The molecule has 0 atom stereocenters. The first kappa shape index (κ1) is 12.9. The highest BCUT2D eigenvalue weighted by Crippen LogP contribution is 2.30. The van der Waals surface area contributed by atoms with Crippen molar-refractivity contribution in [3.05, 3.63) is 59.2 Å². The molecule has 21 heavy (non-hydrogen) atoms. The third-order valence-corrected chi connectivity index (χ3v) is 3.11. The lowest BCUT2D eigenvalue weighted by Crippen LogP contribution is -2.24. The van der Waals surface area contributed by atoms with Crippen LogP contribution in [0.5, 0.6) is 17.2 Å². The first-order chi connectivity index (χ1) is 10.1. The average Bonchev–Trinajstić information content (AvgIpc) is 2.45. The molecule has 0 aromatic heterocycles. The van der Waals surface area contributed by atoms with Crippen LogP contribution in [0.1, 0.15) is 15.9 Å². The van der Waals surface area contributed by atoms with E-state index in [1.54, 1.807) is 24.3 Å². The number of carbonyl (C=O) groups is 2. The summed E-state index contributed by atoms with van der Waals surface area (Å²) in [6.07, 6.45) is 1.25. The van der Waals surface area contributed by atoms with Gasteiger partial charge in [0.2, 0.25) is 5.78 Å². The molecule has 1 aliphatic heterocycles. The maximum absolute atomic E-state index is 12.3. The summed E-state index contributed by atoms with van der Waals surface area (Å²) < 4.78 is 5.09.